The molecular weight excluding hydrogens is 342 g/mol. The number of nitrogens with one attached hydrogen (secondary N) is 1. The van der Waals surface area contributed by atoms with Crippen LogP contribution in [0.1, 0.15) is 11.5 Å². The van der Waals surface area contributed by atoms with Gasteiger partial charge in [0, 0.05) is 29.9 Å². The number of rotatable bonds is 4. The van der Waals surface area contributed by atoms with Gasteiger partial charge in [-0.3, -0.25) is 4.79 Å². The molecule has 27 heavy (non-hydrogen) atoms. The summed E-state index contributed by atoms with van der Waals surface area (Å²) in [6.45, 7) is 1.90. The summed E-state index contributed by atoms with van der Waals surface area (Å²) in [5.74, 6) is 0.794. The van der Waals surface area contributed by atoms with E-state index in [1.165, 1.54) is 0 Å². The summed E-state index contributed by atoms with van der Waals surface area (Å²) in [6.07, 6.45) is 1.87. The van der Waals surface area contributed by atoms with Crippen LogP contribution < -0.4 is 5.32 Å². The van der Waals surface area contributed by atoms with E-state index in [0.29, 0.717) is 23.0 Å². The molecule has 1 N–H and O–H groups in total. The first-order chi connectivity index (χ1) is 13.1. The molecule has 0 aliphatic carbocycles. The van der Waals surface area contributed by atoms with Gasteiger partial charge in [0.2, 0.25) is 17.7 Å². The van der Waals surface area contributed by atoms with Crippen molar-refractivity contribution in [1.82, 2.24) is 14.8 Å². The highest BCUT2D eigenvalue weighted by molar-refractivity contribution is 5.92. The van der Waals surface area contributed by atoms with Gasteiger partial charge in [0.1, 0.15) is 6.54 Å². The van der Waals surface area contributed by atoms with Gasteiger partial charge in [-0.05, 0) is 47.9 Å². The molecule has 0 atom stereocenters. The maximum Gasteiger partial charge on any atom is 0.247 e. The third-order valence-electron chi connectivity index (χ3n) is 4.16. The highest BCUT2D eigenvalue weighted by Crippen LogP contribution is 2.24. The van der Waals surface area contributed by atoms with Crippen LogP contribution in [0.2, 0.25) is 0 Å². The number of nitriles is 1. The van der Waals surface area contributed by atoms with E-state index in [1.807, 2.05) is 35.0 Å². The lowest BCUT2D eigenvalue weighted by atomic mass is 10.1. The molecule has 0 aliphatic heterocycles. The highest BCUT2D eigenvalue weighted by atomic mass is 16.4. The Bertz CT molecular complexity index is 1170. The second-order valence-electron chi connectivity index (χ2n) is 6.08. The first-order valence-corrected chi connectivity index (χ1v) is 8.32. The molecule has 2 aromatic carbocycles. The van der Waals surface area contributed by atoms with Crippen LogP contribution in [-0.4, -0.2) is 20.7 Å². The second kappa shape index (κ2) is 6.77. The lowest BCUT2D eigenvalue weighted by Gasteiger charge is -2.08. The molecule has 0 fully saturated rings. The number of amides is 1. The summed E-state index contributed by atoms with van der Waals surface area (Å²) in [7, 11) is 0. The van der Waals surface area contributed by atoms with Crippen LogP contribution in [-0.2, 0) is 11.3 Å². The molecule has 0 saturated carbocycles. The maximum atomic E-state index is 12.4. The van der Waals surface area contributed by atoms with Gasteiger partial charge in [-0.15, -0.1) is 10.2 Å². The number of hydrogen-bond acceptors (Lipinski definition) is 5. The smallest absolute Gasteiger partial charge is 0.247 e. The molecule has 2 heterocycles. The van der Waals surface area contributed by atoms with Gasteiger partial charge < -0.3 is 14.3 Å². The lowest BCUT2D eigenvalue weighted by Crippen LogP contribution is -2.18. The minimum atomic E-state index is -0.156. The van der Waals surface area contributed by atoms with E-state index in [2.05, 4.69) is 21.6 Å². The minimum Gasteiger partial charge on any atom is -0.421 e. The molecule has 0 saturated heterocycles. The van der Waals surface area contributed by atoms with Crippen LogP contribution in [0.4, 0.5) is 5.69 Å². The first-order valence-electron chi connectivity index (χ1n) is 8.32. The largest absolute Gasteiger partial charge is 0.421 e. The average Bonchev–Trinajstić information content (AvgIpc) is 3.28. The van der Waals surface area contributed by atoms with Crippen LogP contribution in [0, 0.1) is 18.3 Å². The third-order valence-corrected chi connectivity index (χ3v) is 4.16. The standard InChI is InChI=1S/C20H15N5O2/c1-13-23-24-20(27-13)16-5-4-15-8-9-25(18(15)10-16)12-19(26)22-17-6-2-14(11-21)3-7-17/h2-10H,12H2,1H3,(H,22,26). The first kappa shape index (κ1) is 16.5. The van der Waals surface area contributed by atoms with Crippen molar-refractivity contribution in [1.29, 1.82) is 5.26 Å². The number of benzene rings is 2. The third kappa shape index (κ3) is 3.41. The zero-order chi connectivity index (χ0) is 18.8. The van der Waals surface area contributed by atoms with Crippen molar-refractivity contribution >= 4 is 22.5 Å². The number of fused-ring (bicyclic) bond motifs is 1. The molecular formula is C20H15N5O2. The normalized spacial score (nSPS) is 10.7. The van der Waals surface area contributed by atoms with E-state index in [9.17, 15) is 4.79 Å². The molecule has 0 unspecified atom stereocenters. The Labute approximate surface area is 154 Å². The van der Waals surface area contributed by atoms with Crippen LogP contribution in [0.25, 0.3) is 22.4 Å². The fourth-order valence-electron chi connectivity index (χ4n) is 2.85. The number of aromatic nitrogens is 3. The molecule has 0 spiro atoms. The number of aryl methyl sites for hydroxylation is 1. The van der Waals surface area contributed by atoms with E-state index in [-0.39, 0.29) is 12.5 Å². The van der Waals surface area contributed by atoms with E-state index in [1.54, 1.807) is 31.2 Å². The zero-order valence-electron chi connectivity index (χ0n) is 14.5. The number of anilines is 1. The Hall–Kier alpha value is -3.92. The summed E-state index contributed by atoms with van der Waals surface area (Å²) in [6, 6.07) is 16.5. The highest BCUT2D eigenvalue weighted by Gasteiger charge is 2.11. The van der Waals surface area contributed by atoms with E-state index in [4.69, 9.17) is 9.68 Å². The van der Waals surface area contributed by atoms with Crippen molar-refractivity contribution in [2.45, 2.75) is 13.5 Å². The van der Waals surface area contributed by atoms with E-state index < -0.39 is 0 Å². The molecule has 0 aliphatic rings. The monoisotopic (exact) mass is 357 g/mol. The van der Waals surface area contributed by atoms with Gasteiger partial charge >= 0.3 is 0 Å². The van der Waals surface area contributed by atoms with Crippen molar-refractivity contribution in [3.05, 3.63) is 66.2 Å². The predicted molar refractivity (Wildman–Crippen MR) is 99.8 cm³/mol. The Morgan fingerprint density at radius 2 is 2.00 bits per heavy atom. The van der Waals surface area contributed by atoms with Gasteiger partial charge in [0.25, 0.3) is 0 Å². The Morgan fingerprint density at radius 3 is 2.70 bits per heavy atom. The Morgan fingerprint density at radius 1 is 1.19 bits per heavy atom. The topological polar surface area (TPSA) is 96.7 Å². The molecule has 7 nitrogen and oxygen atoms in total. The molecule has 2 aromatic heterocycles. The number of carbonyl (C=O) groups is 1. The SMILES string of the molecule is Cc1nnc(-c2ccc3ccn(CC(=O)Nc4ccc(C#N)cc4)c3c2)o1. The van der Waals surface area contributed by atoms with Crippen molar-refractivity contribution in [3.8, 4) is 17.5 Å². The molecule has 0 radical (unpaired) electrons. The van der Waals surface area contributed by atoms with Crippen molar-refractivity contribution in [2.24, 2.45) is 0 Å². The molecule has 132 valence electrons. The average molecular weight is 357 g/mol. The minimum absolute atomic E-state index is 0.156. The summed E-state index contributed by atoms with van der Waals surface area (Å²) in [4.78, 5) is 12.4. The van der Waals surface area contributed by atoms with Gasteiger partial charge in [0.15, 0.2) is 0 Å². The molecule has 0 bridgehead atoms. The number of carbonyl (C=O) groups excluding carboxylic acids is 1. The number of hydrogen-bond donors (Lipinski definition) is 1. The zero-order valence-corrected chi connectivity index (χ0v) is 14.5. The van der Waals surface area contributed by atoms with Crippen molar-refractivity contribution < 1.29 is 9.21 Å². The van der Waals surface area contributed by atoms with Gasteiger partial charge in [-0.2, -0.15) is 5.26 Å². The van der Waals surface area contributed by atoms with Crippen LogP contribution in [0.5, 0.6) is 0 Å². The van der Waals surface area contributed by atoms with Crippen molar-refractivity contribution in [2.75, 3.05) is 5.32 Å². The number of nitrogens with zero attached hydrogens (tertiary/aromatic N) is 4. The summed E-state index contributed by atoms with van der Waals surface area (Å²) < 4.78 is 7.34. The Kier molecular flexibility index (Phi) is 4.15. The van der Waals surface area contributed by atoms with Gasteiger partial charge in [0.05, 0.1) is 11.6 Å². The lowest BCUT2D eigenvalue weighted by molar-refractivity contribution is -0.116. The summed E-state index contributed by atoms with van der Waals surface area (Å²) in [5, 5.41) is 20.6. The predicted octanol–water partition coefficient (Wildman–Crippen LogP) is 3.51. The Balaban J connectivity index is 1.56. The second-order valence-corrected chi connectivity index (χ2v) is 6.08. The quantitative estimate of drug-likeness (QED) is 0.603. The fourth-order valence-corrected chi connectivity index (χ4v) is 2.85. The fraction of sp³-hybridized carbons (Fsp3) is 0.100. The molecule has 4 aromatic rings. The molecule has 7 heteroatoms. The summed E-state index contributed by atoms with van der Waals surface area (Å²) in [5.41, 5.74) is 2.90. The maximum absolute atomic E-state index is 12.4. The van der Waals surface area contributed by atoms with Crippen LogP contribution >= 0.6 is 0 Å². The van der Waals surface area contributed by atoms with E-state index in [0.717, 1.165) is 16.5 Å². The molecule has 4 rings (SSSR count). The van der Waals surface area contributed by atoms with Crippen molar-refractivity contribution in [3.63, 3.8) is 0 Å². The van der Waals surface area contributed by atoms with E-state index >= 15 is 0 Å². The summed E-state index contributed by atoms with van der Waals surface area (Å²) >= 11 is 0. The van der Waals surface area contributed by atoms with Gasteiger partial charge in [-0.25, -0.2) is 0 Å². The van der Waals surface area contributed by atoms with Gasteiger partial charge in [-0.1, -0.05) is 6.07 Å². The molecule has 1 amide bonds. The van der Waals surface area contributed by atoms with Crippen LogP contribution in [0.15, 0.2) is 59.1 Å². The van der Waals surface area contributed by atoms with Crippen LogP contribution in [0.3, 0.4) is 0 Å².